The first-order valence-electron chi connectivity index (χ1n) is 4.93. The minimum Gasteiger partial charge on any atom is -0.393 e. The van der Waals surface area contributed by atoms with Crippen LogP contribution in [-0.4, -0.2) is 41.7 Å². The van der Waals surface area contributed by atoms with Gasteiger partial charge in [-0.1, -0.05) is 0 Å². The molecule has 4 N–H and O–H groups in total. The second-order valence-electron chi connectivity index (χ2n) is 4.12. The topological polar surface area (TPSA) is 78.6 Å². The first-order chi connectivity index (χ1) is 6.54. The number of carbonyl (C=O) groups excluding carboxylic acids is 1. The fourth-order valence-corrected chi connectivity index (χ4v) is 1.74. The quantitative estimate of drug-likeness (QED) is 0.312. The van der Waals surface area contributed by atoms with E-state index in [2.05, 4.69) is 5.43 Å². The molecule has 1 aliphatic rings. The average molecular weight is 201 g/mol. The van der Waals surface area contributed by atoms with E-state index in [9.17, 15) is 4.79 Å². The van der Waals surface area contributed by atoms with Gasteiger partial charge in [0.2, 0.25) is 0 Å². The molecule has 1 saturated carbocycles. The smallest absolute Gasteiger partial charge is 0.250 e. The Morgan fingerprint density at radius 2 is 2.29 bits per heavy atom. The van der Waals surface area contributed by atoms with Crippen molar-refractivity contribution in [3.63, 3.8) is 0 Å². The second-order valence-corrected chi connectivity index (χ2v) is 4.12. The third-order valence-electron chi connectivity index (χ3n) is 2.94. The summed E-state index contributed by atoms with van der Waals surface area (Å²) in [5, 5.41) is 9.11. The van der Waals surface area contributed by atoms with Gasteiger partial charge in [-0.2, -0.15) is 0 Å². The summed E-state index contributed by atoms with van der Waals surface area (Å²) in [5.74, 6) is 5.39. The summed E-state index contributed by atoms with van der Waals surface area (Å²) in [5.41, 5.74) is 2.13. The van der Waals surface area contributed by atoms with E-state index in [1.165, 1.54) is 0 Å². The molecule has 0 aliphatic heterocycles. The zero-order valence-electron chi connectivity index (χ0n) is 8.73. The molecule has 0 radical (unpaired) electrons. The number of amides is 1. The van der Waals surface area contributed by atoms with E-state index >= 15 is 0 Å². The highest BCUT2D eigenvalue weighted by Crippen LogP contribution is 2.27. The lowest BCUT2D eigenvalue weighted by Gasteiger charge is -2.36. The SMILES string of the molecule is CC(C(=O)NN)N(C)CC1CC(O)C1. The van der Waals surface area contributed by atoms with Gasteiger partial charge in [0.1, 0.15) is 0 Å². The zero-order chi connectivity index (χ0) is 10.7. The molecule has 0 saturated heterocycles. The number of rotatable bonds is 4. The van der Waals surface area contributed by atoms with E-state index in [4.69, 9.17) is 10.9 Å². The van der Waals surface area contributed by atoms with Crippen molar-refractivity contribution < 1.29 is 9.90 Å². The van der Waals surface area contributed by atoms with Gasteiger partial charge >= 0.3 is 0 Å². The number of aliphatic hydroxyl groups is 1. The van der Waals surface area contributed by atoms with Crippen molar-refractivity contribution in [2.75, 3.05) is 13.6 Å². The molecule has 1 unspecified atom stereocenters. The number of hydrogen-bond donors (Lipinski definition) is 3. The Morgan fingerprint density at radius 1 is 1.71 bits per heavy atom. The number of hydrogen-bond acceptors (Lipinski definition) is 4. The molecule has 1 amide bonds. The van der Waals surface area contributed by atoms with Crippen LogP contribution < -0.4 is 11.3 Å². The number of likely N-dealkylation sites (N-methyl/N-ethyl adjacent to an activating group) is 1. The first kappa shape index (κ1) is 11.4. The van der Waals surface area contributed by atoms with Crippen molar-refractivity contribution in [2.24, 2.45) is 11.8 Å². The van der Waals surface area contributed by atoms with Gasteiger partial charge in [0.25, 0.3) is 5.91 Å². The summed E-state index contributed by atoms with van der Waals surface area (Å²) >= 11 is 0. The summed E-state index contributed by atoms with van der Waals surface area (Å²) in [7, 11) is 1.89. The molecular formula is C9H19N3O2. The van der Waals surface area contributed by atoms with Crippen molar-refractivity contribution in [3.8, 4) is 0 Å². The van der Waals surface area contributed by atoms with Crippen LogP contribution in [0, 0.1) is 5.92 Å². The Kier molecular flexibility index (Phi) is 3.86. The summed E-state index contributed by atoms with van der Waals surface area (Å²) in [6.45, 7) is 2.66. The third-order valence-corrected chi connectivity index (χ3v) is 2.94. The van der Waals surface area contributed by atoms with Crippen molar-refractivity contribution in [1.82, 2.24) is 10.3 Å². The maximum absolute atomic E-state index is 11.2. The Labute approximate surface area is 84.2 Å². The van der Waals surface area contributed by atoms with Crippen LogP contribution >= 0.6 is 0 Å². The van der Waals surface area contributed by atoms with E-state index < -0.39 is 0 Å². The normalized spacial score (nSPS) is 28.4. The highest BCUT2D eigenvalue weighted by molar-refractivity contribution is 5.80. The lowest BCUT2D eigenvalue weighted by Crippen LogP contribution is -2.48. The Morgan fingerprint density at radius 3 is 2.71 bits per heavy atom. The van der Waals surface area contributed by atoms with E-state index in [0.717, 1.165) is 19.4 Å². The van der Waals surface area contributed by atoms with Gasteiger partial charge in [-0.25, -0.2) is 5.84 Å². The minimum atomic E-state index is -0.210. The summed E-state index contributed by atoms with van der Waals surface area (Å²) in [6, 6.07) is -0.210. The summed E-state index contributed by atoms with van der Waals surface area (Å²) in [6.07, 6.45) is 1.56. The summed E-state index contributed by atoms with van der Waals surface area (Å²) in [4.78, 5) is 13.1. The molecule has 0 aromatic carbocycles. The second kappa shape index (κ2) is 4.72. The predicted octanol–water partition coefficient (Wildman–Crippen LogP) is -0.932. The highest BCUT2D eigenvalue weighted by Gasteiger charge is 2.29. The summed E-state index contributed by atoms with van der Waals surface area (Å²) < 4.78 is 0. The van der Waals surface area contributed by atoms with Crippen LogP contribution in [0.2, 0.25) is 0 Å². The first-order valence-corrected chi connectivity index (χ1v) is 4.93. The molecule has 1 rings (SSSR count). The zero-order valence-corrected chi connectivity index (χ0v) is 8.73. The largest absolute Gasteiger partial charge is 0.393 e. The average Bonchev–Trinajstić information content (AvgIpc) is 2.12. The fourth-order valence-electron chi connectivity index (χ4n) is 1.74. The van der Waals surface area contributed by atoms with Crippen LogP contribution in [0.25, 0.3) is 0 Å². The molecule has 0 bridgehead atoms. The van der Waals surface area contributed by atoms with E-state index in [0.29, 0.717) is 5.92 Å². The number of carbonyl (C=O) groups is 1. The molecule has 0 heterocycles. The molecule has 82 valence electrons. The molecule has 1 fully saturated rings. The maximum atomic E-state index is 11.2. The number of aliphatic hydroxyl groups excluding tert-OH is 1. The van der Waals surface area contributed by atoms with Gasteiger partial charge in [-0.05, 0) is 32.7 Å². The lowest BCUT2D eigenvalue weighted by molar-refractivity contribution is -0.126. The molecule has 5 heteroatoms. The molecule has 14 heavy (non-hydrogen) atoms. The highest BCUT2D eigenvalue weighted by atomic mass is 16.3. The molecule has 5 nitrogen and oxygen atoms in total. The van der Waals surface area contributed by atoms with Crippen molar-refractivity contribution >= 4 is 5.91 Å². The number of hydrazine groups is 1. The van der Waals surface area contributed by atoms with Gasteiger partial charge in [-0.15, -0.1) is 0 Å². The van der Waals surface area contributed by atoms with Gasteiger partial charge in [0.05, 0.1) is 12.1 Å². The van der Waals surface area contributed by atoms with Gasteiger partial charge in [0.15, 0.2) is 0 Å². The predicted molar refractivity (Wildman–Crippen MR) is 53.2 cm³/mol. The molecule has 0 aromatic heterocycles. The van der Waals surface area contributed by atoms with Crippen LogP contribution in [0.5, 0.6) is 0 Å². The van der Waals surface area contributed by atoms with Crippen LogP contribution in [0.15, 0.2) is 0 Å². The maximum Gasteiger partial charge on any atom is 0.250 e. The van der Waals surface area contributed by atoms with E-state index in [-0.39, 0.29) is 18.1 Å². The van der Waals surface area contributed by atoms with Gasteiger partial charge < -0.3 is 5.11 Å². The van der Waals surface area contributed by atoms with Gasteiger partial charge in [-0.3, -0.25) is 15.1 Å². The monoisotopic (exact) mass is 201 g/mol. The molecule has 0 spiro atoms. The van der Waals surface area contributed by atoms with Crippen molar-refractivity contribution in [1.29, 1.82) is 0 Å². The Balaban J connectivity index is 2.27. The van der Waals surface area contributed by atoms with E-state index in [1.54, 1.807) is 0 Å². The minimum absolute atomic E-state index is 0.132. The standard InChI is InChI=1S/C9H19N3O2/c1-6(9(14)11-10)12(2)5-7-3-8(13)4-7/h6-8,13H,3-5,10H2,1-2H3,(H,11,14). The molecule has 0 aromatic rings. The van der Waals surface area contributed by atoms with Crippen molar-refractivity contribution in [2.45, 2.75) is 31.9 Å². The van der Waals surface area contributed by atoms with Gasteiger partial charge in [0, 0.05) is 6.54 Å². The van der Waals surface area contributed by atoms with Crippen molar-refractivity contribution in [3.05, 3.63) is 0 Å². The van der Waals surface area contributed by atoms with E-state index in [1.807, 2.05) is 18.9 Å². The Bertz CT molecular complexity index is 204. The van der Waals surface area contributed by atoms with Crippen LogP contribution in [0.1, 0.15) is 19.8 Å². The Hall–Kier alpha value is -0.650. The molecule has 1 aliphatic carbocycles. The van der Waals surface area contributed by atoms with Crippen LogP contribution in [0.4, 0.5) is 0 Å². The number of nitrogens with zero attached hydrogens (tertiary/aromatic N) is 1. The van der Waals surface area contributed by atoms with Crippen LogP contribution in [0.3, 0.4) is 0 Å². The lowest BCUT2D eigenvalue weighted by atomic mass is 9.82. The molecular weight excluding hydrogens is 182 g/mol. The van der Waals surface area contributed by atoms with Crippen LogP contribution in [-0.2, 0) is 4.79 Å². The molecule has 1 atom stereocenters. The fraction of sp³-hybridized carbons (Fsp3) is 0.889. The third kappa shape index (κ3) is 2.67. The number of nitrogens with one attached hydrogen (secondary N) is 1. The number of nitrogens with two attached hydrogens (primary N) is 1.